The van der Waals surface area contributed by atoms with Gasteiger partial charge in [-0.15, -0.1) is 0 Å². The van der Waals surface area contributed by atoms with Crippen LogP contribution in [-0.4, -0.2) is 24.5 Å². The Labute approximate surface area is 200 Å². The van der Waals surface area contributed by atoms with Crippen molar-refractivity contribution in [2.45, 2.75) is 39.4 Å². The van der Waals surface area contributed by atoms with Crippen LogP contribution in [-0.2, 0) is 6.54 Å². The highest BCUT2D eigenvalue weighted by atomic mass is 32.1. The molecule has 0 amide bonds. The second-order valence-electron chi connectivity index (χ2n) is 8.61. The van der Waals surface area contributed by atoms with E-state index in [2.05, 4.69) is 81.9 Å². The number of hydrogen-bond acceptors (Lipinski definition) is 3. The number of aryl methyl sites for hydroxylation is 2. The first-order valence-corrected chi connectivity index (χ1v) is 11.6. The van der Waals surface area contributed by atoms with Crippen LogP contribution in [0.1, 0.15) is 45.9 Å². The molecule has 1 aliphatic rings. The number of hydrogen-bond donors (Lipinski definition) is 1. The molecule has 1 aliphatic heterocycles. The minimum absolute atomic E-state index is 0.0188. The van der Waals surface area contributed by atoms with Crippen molar-refractivity contribution in [3.8, 4) is 5.69 Å². The molecule has 0 spiro atoms. The maximum atomic E-state index is 5.85. The van der Waals surface area contributed by atoms with Gasteiger partial charge in [0, 0.05) is 42.2 Å². The summed E-state index contributed by atoms with van der Waals surface area (Å²) in [5, 5.41) is 4.31. The van der Waals surface area contributed by atoms with Crippen molar-refractivity contribution in [2.24, 2.45) is 0 Å². The van der Waals surface area contributed by atoms with Crippen molar-refractivity contribution in [1.82, 2.24) is 24.8 Å². The van der Waals surface area contributed by atoms with E-state index in [-0.39, 0.29) is 12.1 Å². The Kier molecular flexibility index (Phi) is 5.68. The Hall–Kier alpha value is -3.51. The summed E-state index contributed by atoms with van der Waals surface area (Å²) < 4.78 is 2.34. The molecule has 2 atom stereocenters. The molecule has 3 aromatic heterocycles. The van der Waals surface area contributed by atoms with E-state index in [1.807, 2.05) is 42.9 Å². The molecular weight excluding hydrogens is 426 g/mol. The molecule has 1 N–H and O–H groups in total. The van der Waals surface area contributed by atoms with E-state index in [1.54, 1.807) is 0 Å². The molecule has 33 heavy (non-hydrogen) atoms. The van der Waals surface area contributed by atoms with Gasteiger partial charge in [-0.05, 0) is 92.1 Å². The van der Waals surface area contributed by atoms with Crippen LogP contribution in [0.25, 0.3) is 5.69 Å². The lowest BCUT2D eigenvalue weighted by molar-refractivity contribution is 0.310. The zero-order chi connectivity index (χ0) is 22.9. The number of nitrogens with zero attached hydrogens (tertiary/aromatic N) is 4. The molecule has 0 saturated carbocycles. The van der Waals surface area contributed by atoms with Crippen LogP contribution in [0.2, 0.25) is 0 Å². The number of aromatic nitrogens is 3. The van der Waals surface area contributed by atoms with Gasteiger partial charge in [0.25, 0.3) is 0 Å². The molecule has 1 fully saturated rings. The molecule has 1 aromatic carbocycles. The van der Waals surface area contributed by atoms with E-state index in [1.165, 1.54) is 33.8 Å². The van der Waals surface area contributed by atoms with Crippen molar-refractivity contribution in [1.29, 1.82) is 0 Å². The first kappa shape index (κ1) is 21.3. The minimum atomic E-state index is -0.0352. The third-order valence-electron chi connectivity index (χ3n) is 6.35. The molecule has 4 heterocycles. The van der Waals surface area contributed by atoms with E-state index >= 15 is 0 Å². The summed E-state index contributed by atoms with van der Waals surface area (Å²) in [5.74, 6) is 0. The fourth-order valence-electron chi connectivity index (χ4n) is 4.85. The van der Waals surface area contributed by atoms with Crippen molar-refractivity contribution in [3.05, 3.63) is 113 Å². The van der Waals surface area contributed by atoms with Gasteiger partial charge in [0.15, 0.2) is 5.11 Å². The monoisotopic (exact) mass is 453 g/mol. The van der Waals surface area contributed by atoms with Crippen molar-refractivity contribution >= 4 is 17.3 Å². The van der Waals surface area contributed by atoms with Crippen LogP contribution in [0.15, 0.2) is 79.3 Å². The fraction of sp³-hybridized carbons (Fsp3) is 0.222. The summed E-state index contributed by atoms with van der Waals surface area (Å²) in [6, 6.07) is 21.1. The van der Waals surface area contributed by atoms with Gasteiger partial charge in [0.05, 0.1) is 17.8 Å². The second-order valence-corrected chi connectivity index (χ2v) is 9.00. The molecule has 4 aromatic rings. The lowest BCUT2D eigenvalue weighted by Gasteiger charge is -2.28. The first-order chi connectivity index (χ1) is 16.0. The Morgan fingerprint density at radius 3 is 2.48 bits per heavy atom. The van der Waals surface area contributed by atoms with Gasteiger partial charge < -0.3 is 14.8 Å². The third kappa shape index (κ3) is 4.02. The van der Waals surface area contributed by atoms with E-state index in [0.717, 1.165) is 10.8 Å². The van der Waals surface area contributed by atoms with E-state index in [0.29, 0.717) is 6.54 Å². The molecule has 5 rings (SSSR count). The maximum Gasteiger partial charge on any atom is 0.170 e. The summed E-state index contributed by atoms with van der Waals surface area (Å²) in [6.07, 6.45) is 5.51. The molecule has 1 saturated heterocycles. The van der Waals surface area contributed by atoms with Gasteiger partial charge in [-0.3, -0.25) is 9.97 Å². The summed E-state index contributed by atoms with van der Waals surface area (Å²) in [4.78, 5) is 11.1. The Morgan fingerprint density at radius 2 is 1.76 bits per heavy atom. The highest BCUT2D eigenvalue weighted by Crippen LogP contribution is 2.42. The van der Waals surface area contributed by atoms with Gasteiger partial charge in [-0.25, -0.2) is 0 Å². The van der Waals surface area contributed by atoms with Crippen molar-refractivity contribution in [2.75, 3.05) is 0 Å². The normalized spacial score (nSPS) is 17.9. The standard InChI is InChI=1S/C27H27N5S/c1-18-7-6-8-22(15-18)32-19(2)16-23(20(32)3)26-25(24-9-4-5-12-29-24)30-27(33)31(26)17-21-10-13-28-14-11-21/h4-16,25-26H,17H2,1-3H3,(H,30,33)/t25-,26+/m1/s1. The number of rotatable bonds is 5. The molecule has 6 heteroatoms. The lowest BCUT2D eigenvalue weighted by Crippen LogP contribution is -2.29. The van der Waals surface area contributed by atoms with Gasteiger partial charge in [-0.1, -0.05) is 18.2 Å². The van der Waals surface area contributed by atoms with Crippen LogP contribution in [0, 0.1) is 20.8 Å². The predicted molar refractivity (Wildman–Crippen MR) is 135 cm³/mol. The number of benzene rings is 1. The quantitative estimate of drug-likeness (QED) is 0.412. The molecule has 5 nitrogen and oxygen atoms in total. The van der Waals surface area contributed by atoms with Gasteiger partial charge >= 0.3 is 0 Å². The zero-order valence-corrected chi connectivity index (χ0v) is 19.9. The average Bonchev–Trinajstić information content (AvgIpc) is 3.30. The van der Waals surface area contributed by atoms with E-state index in [9.17, 15) is 0 Å². The highest BCUT2D eigenvalue weighted by Gasteiger charge is 2.41. The van der Waals surface area contributed by atoms with Gasteiger partial charge in [-0.2, -0.15) is 0 Å². The molecule has 0 bridgehead atoms. The molecule has 166 valence electrons. The maximum absolute atomic E-state index is 5.85. The highest BCUT2D eigenvalue weighted by molar-refractivity contribution is 7.80. The van der Waals surface area contributed by atoms with Gasteiger partial charge in [0.1, 0.15) is 0 Å². The Balaban J connectivity index is 1.62. The number of thiocarbonyl (C=S) groups is 1. The Bertz CT molecular complexity index is 1280. The Morgan fingerprint density at radius 1 is 0.939 bits per heavy atom. The predicted octanol–water partition coefficient (Wildman–Crippen LogP) is 5.37. The lowest BCUT2D eigenvalue weighted by atomic mass is 9.96. The van der Waals surface area contributed by atoms with Crippen LogP contribution in [0.5, 0.6) is 0 Å². The average molecular weight is 454 g/mol. The number of pyridine rings is 2. The first-order valence-electron chi connectivity index (χ1n) is 11.2. The molecule has 0 radical (unpaired) electrons. The molecular formula is C27H27N5S. The smallest absolute Gasteiger partial charge is 0.170 e. The summed E-state index contributed by atoms with van der Waals surface area (Å²) in [6.45, 7) is 7.20. The summed E-state index contributed by atoms with van der Waals surface area (Å²) in [5.41, 5.74) is 8.27. The minimum Gasteiger partial charge on any atom is -0.352 e. The SMILES string of the molecule is Cc1cccc(-n2c(C)cc([C@H]3[C@@H](c4ccccn4)NC(=S)N3Cc3ccncc3)c2C)c1. The van der Waals surface area contributed by atoms with Crippen LogP contribution >= 0.6 is 12.2 Å². The van der Waals surface area contributed by atoms with Crippen molar-refractivity contribution < 1.29 is 0 Å². The van der Waals surface area contributed by atoms with E-state index < -0.39 is 0 Å². The van der Waals surface area contributed by atoms with Crippen LogP contribution in [0.4, 0.5) is 0 Å². The molecule has 0 aliphatic carbocycles. The fourth-order valence-corrected chi connectivity index (χ4v) is 5.16. The summed E-state index contributed by atoms with van der Waals surface area (Å²) in [7, 11) is 0. The number of nitrogens with one attached hydrogen (secondary N) is 1. The van der Waals surface area contributed by atoms with Crippen LogP contribution < -0.4 is 5.32 Å². The topological polar surface area (TPSA) is 46.0 Å². The third-order valence-corrected chi connectivity index (χ3v) is 6.70. The zero-order valence-electron chi connectivity index (χ0n) is 19.1. The van der Waals surface area contributed by atoms with Gasteiger partial charge in [0.2, 0.25) is 0 Å². The van der Waals surface area contributed by atoms with E-state index in [4.69, 9.17) is 12.2 Å². The largest absolute Gasteiger partial charge is 0.352 e. The summed E-state index contributed by atoms with van der Waals surface area (Å²) >= 11 is 5.85. The van der Waals surface area contributed by atoms with Crippen LogP contribution in [0.3, 0.4) is 0 Å². The van der Waals surface area contributed by atoms with Crippen molar-refractivity contribution in [3.63, 3.8) is 0 Å². The second kappa shape index (κ2) is 8.79. The molecule has 0 unspecified atom stereocenters.